The number of hydrogen-bond donors (Lipinski definition) is 1. The van der Waals surface area contributed by atoms with Gasteiger partial charge in [0.25, 0.3) is 0 Å². The SMILES string of the molecule is [2H]C([2H])([2H])c1cc(-c2cc(C([2H])(C)C)cc(C([2H])(C)C)c2)ccc1-n1c(-c2cc(C)cc(C)c2O)nc2c(-c3[c-]c(-c4cc(-c5ccc(C(C([2H])([2H])[2H])(C([2H])([2H])[2H])C([2H])([2H])[2H])cc5)ccn4)cc(C(C)(C)C)c3)cccc21.[Pt]. The van der Waals surface area contributed by atoms with Crippen LogP contribution in [0.1, 0.15) is 139 Å². The van der Waals surface area contributed by atoms with Gasteiger partial charge < -0.3 is 5.11 Å². The summed E-state index contributed by atoms with van der Waals surface area (Å²) in [5, 5.41) is 11.8. The Morgan fingerprint density at radius 3 is 1.98 bits per heavy atom. The topological polar surface area (TPSA) is 50.9 Å². The van der Waals surface area contributed by atoms with Crippen LogP contribution in [0.25, 0.3) is 72.7 Å². The zero-order valence-corrected chi connectivity index (χ0v) is 39.9. The third-order valence-electron chi connectivity index (χ3n) is 11.7. The van der Waals surface area contributed by atoms with Crippen molar-refractivity contribution in [2.75, 3.05) is 0 Å². The van der Waals surface area contributed by atoms with Crippen LogP contribution in [0.4, 0.5) is 0 Å². The van der Waals surface area contributed by atoms with E-state index in [9.17, 15) is 5.11 Å². The summed E-state index contributed by atoms with van der Waals surface area (Å²) >= 11 is 0. The molecule has 1 N–H and O–H groups in total. The van der Waals surface area contributed by atoms with Crippen LogP contribution in [0.15, 0.2) is 121 Å². The van der Waals surface area contributed by atoms with Gasteiger partial charge in [0.1, 0.15) is 11.6 Å². The van der Waals surface area contributed by atoms with Crippen molar-refractivity contribution in [2.24, 2.45) is 0 Å². The van der Waals surface area contributed by atoms with Gasteiger partial charge in [-0.2, -0.15) is 0 Å². The molecule has 0 fully saturated rings. The number of imidazole rings is 1. The van der Waals surface area contributed by atoms with E-state index in [1.807, 2.05) is 79.7 Å². The molecule has 330 valence electrons. The molecule has 0 spiro atoms. The van der Waals surface area contributed by atoms with Gasteiger partial charge in [0.2, 0.25) is 0 Å². The molecule has 0 aliphatic carbocycles. The Hall–Kier alpha value is -5.57. The molecular formula is C59H62N3OPt-. The molecular weight excluding hydrogens is 962 g/mol. The summed E-state index contributed by atoms with van der Waals surface area (Å²) in [6.07, 6.45) is 1.61. The first kappa shape index (κ1) is 31.3. The van der Waals surface area contributed by atoms with Gasteiger partial charge >= 0.3 is 0 Å². The first-order valence-electron chi connectivity index (χ1n) is 28.1. The minimum atomic E-state index is -3.40. The number of para-hydroxylation sites is 1. The van der Waals surface area contributed by atoms with Crippen molar-refractivity contribution in [1.82, 2.24) is 14.5 Å². The molecule has 2 aromatic heterocycles. The Morgan fingerprint density at radius 1 is 0.656 bits per heavy atom. The van der Waals surface area contributed by atoms with Crippen LogP contribution < -0.4 is 0 Å². The van der Waals surface area contributed by atoms with Crippen LogP contribution in [-0.4, -0.2) is 19.6 Å². The van der Waals surface area contributed by atoms with Crippen molar-refractivity contribution in [1.29, 1.82) is 0 Å². The average molecular weight is 1040 g/mol. The molecule has 0 aliphatic rings. The Bertz CT molecular complexity index is 3500. The number of benzene rings is 6. The van der Waals surface area contributed by atoms with Gasteiger partial charge in [0.15, 0.2) is 0 Å². The second-order valence-corrected chi connectivity index (χ2v) is 18.2. The van der Waals surface area contributed by atoms with Crippen LogP contribution in [0, 0.1) is 26.8 Å². The van der Waals surface area contributed by atoms with E-state index in [1.165, 1.54) is 24.3 Å². The molecule has 0 bridgehead atoms. The van der Waals surface area contributed by atoms with E-state index in [1.54, 1.807) is 63.6 Å². The zero-order valence-electron chi connectivity index (χ0n) is 51.7. The summed E-state index contributed by atoms with van der Waals surface area (Å²) < 4.78 is 120. The van der Waals surface area contributed by atoms with Crippen molar-refractivity contribution < 1.29 is 45.4 Å². The van der Waals surface area contributed by atoms with Crippen molar-refractivity contribution in [2.45, 2.75) is 112 Å². The van der Waals surface area contributed by atoms with Gasteiger partial charge in [-0.05, 0) is 129 Å². The predicted molar refractivity (Wildman–Crippen MR) is 266 cm³/mol. The number of fused-ring (bicyclic) bond motifs is 1. The molecule has 0 amide bonds. The van der Waals surface area contributed by atoms with Gasteiger partial charge in [0.05, 0.1) is 22.3 Å². The molecule has 5 heteroatoms. The molecule has 8 rings (SSSR count). The smallest absolute Gasteiger partial charge is 0.148 e. The standard InChI is InChI=1S/C59H62N3O.Pt/c1-35(2)43-28-44(36(3)4)30-45(29-43)41-19-22-53(38(6)27-41)62-54-16-14-15-50(55(54)61-57(62)51-26-37(5)25-39(7)56(51)63)46-31-47(33-49(32-46)59(11,12)13)52-34-42(23-24-60-52)40-17-20-48(21-18-40)58(8,9)10;/h14-30,32-36,63H,1-13H3;/q-1;/i6D3,8D3,9D3,10D3,35D,36D;. The molecule has 8 aromatic rings. The summed E-state index contributed by atoms with van der Waals surface area (Å²) in [4.78, 5) is 10.1. The summed E-state index contributed by atoms with van der Waals surface area (Å²) in [7, 11) is 0. The number of phenolic OH excluding ortho intramolecular Hbond substituents is 1. The second-order valence-electron chi connectivity index (χ2n) is 18.2. The zero-order chi connectivity index (χ0) is 57.0. The predicted octanol–water partition coefficient (Wildman–Crippen LogP) is 16.0. The Balaban J connectivity index is 0.00000882. The van der Waals surface area contributed by atoms with Gasteiger partial charge in [-0.1, -0.05) is 153 Å². The van der Waals surface area contributed by atoms with E-state index in [-0.39, 0.29) is 37.9 Å². The maximum Gasteiger partial charge on any atom is 0.148 e. The molecule has 2 heterocycles. The van der Waals surface area contributed by atoms with Crippen LogP contribution in [-0.2, 0) is 31.9 Å². The first-order valence-corrected chi connectivity index (χ1v) is 21.1. The molecule has 0 unspecified atom stereocenters. The maximum atomic E-state index is 11.8. The van der Waals surface area contributed by atoms with Crippen LogP contribution >= 0.6 is 0 Å². The van der Waals surface area contributed by atoms with Crippen molar-refractivity contribution in [3.8, 4) is 67.5 Å². The van der Waals surface area contributed by atoms with Gasteiger partial charge in [-0.25, -0.2) is 4.98 Å². The van der Waals surface area contributed by atoms with Crippen molar-refractivity contribution in [3.05, 3.63) is 166 Å². The van der Waals surface area contributed by atoms with Gasteiger partial charge in [-0.15, -0.1) is 29.3 Å². The quantitative estimate of drug-likeness (QED) is 0.154. The van der Waals surface area contributed by atoms with Gasteiger partial charge in [-0.3, -0.25) is 9.55 Å². The van der Waals surface area contributed by atoms with Crippen molar-refractivity contribution in [3.63, 3.8) is 0 Å². The van der Waals surface area contributed by atoms with Crippen molar-refractivity contribution >= 4 is 11.0 Å². The van der Waals surface area contributed by atoms with Crippen LogP contribution in [0.2, 0.25) is 0 Å². The minimum Gasteiger partial charge on any atom is -0.507 e. The Morgan fingerprint density at radius 2 is 1.33 bits per heavy atom. The molecule has 0 saturated carbocycles. The average Bonchev–Trinajstić information content (AvgIpc) is 3.70. The summed E-state index contributed by atoms with van der Waals surface area (Å²) in [6.45, 7) is 4.17. The molecule has 64 heavy (non-hydrogen) atoms. The fourth-order valence-electron chi connectivity index (χ4n) is 8.11. The number of aromatic hydroxyl groups is 1. The molecule has 0 atom stereocenters. The summed E-state index contributed by atoms with van der Waals surface area (Å²) in [6, 6.07) is 36.9. The number of pyridine rings is 1. The Kier molecular flexibility index (Phi) is 8.70. The third kappa shape index (κ3) is 9.18. The van der Waals surface area contributed by atoms with E-state index < -0.39 is 50.0 Å². The number of hydrogen-bond acceptors (Lipinski definition) is 3. The van der Waals surface area contributed by atoms with Crippen LogP contribution in [0.3, 0.4) is 0 Å². The Labute approximate surface area is 415 Å². The summed E-state index contributed by atoms with van der Waals surface area (Å²) in [5.74, 6) is -1.73. The number of rotatable bonds is 8. The molecule has 0 radical (unpaired) electrons. The molecule has 4 nitrogen and oxygen atoms in total. The first-order chi connectivity index (χ1) is 35.3. The monoisotopic (exact) mass is 1040 g/mol. The number of nitrogens with zero attached hydrogens (tertiary/aromatic N) is 3. The second kappa shape index (κ2) is 17.8. The fraction of sp³-hybridized carbons (Fsp3) is 0.288. The van der Waals surface area contributed by atoms with E-state index >= 15 is 0 Å². The maximum absolute atomic E-state index is 11.8. The third-order valence-corrected chi connectivity index (χ3v) is 11.7. The minimum absolute atomic E-state index is 0. The largest absolute Gasteiger partial charge is 0.507 e. The number of aromatic nitrogens is 3. The molecule has 6 aromatic carbocycles. The van der Waals surface area contributed by atoms with E-state index in [0.29, 0.717) is 89.4 Å². The van der Waals surface area contributed by atoms with Gasteiger partial charge in [0, 0.05) is 52.1 Å². The number of aryl methyl sites for hydroxylation is 3. The molecule has 0 aliphatic heterocycles. The van der Waals surface area contributed by atoms with E-state index in [2.05, 4.69) is 26.8 Å². The molecule has 0 saturated heterocycles. The van der Waals surface area contributed by atoms with Crippen LogP contribution in [0.5, 0.6) is 5.75 Å². The fourth-order valence-corrected chi connectivity index (χ4v) is 8.11. The van der Waals surface area contributed by atoms with E-state index in [0.717, 1.165) is 11.1 Å². The normalized spacial score (nSPS) is 16.4. The van der Waals surface area contributed by atoms with E-state index in [4.69, 9.17) is 29.2 Å². The number of phenols is 1. The summed E-state index contributed by atoms with van der Waals surface area (Å²) in [5.41, 5.74) is 6.44.